The van der Waals surface area contributed by atoms with Crippen molar-refractivity contribution in [2.24, 2.45) is 5.41 Å². The van der Waals surface area contributed by atoms with Gasteiger partial charge >= 0.3 is 0 Å². The lowest BCUT2D eigenvalue weighted by atomic mass is 9.74. The van der Waals surface area contributed by atoms with E-state index in [1.807, 2.05) is 0 Å². The van der Waals surface area contributed by atoms with Crippen molar-refractivity contribution in [1.82, 2.24) is 0 Å². The van der Waals surface area contributed by atoms with Crippen molar-refractivity contribution in [1.29, 1.82) is 0 Å². The van der Waals surface area contributed by atoms with Gasteiger partial charge in [0.1, 0.15) is 0 Å². The second kappa shape index (κ2) is 9.17. The molecular formula is C13H28O2. The molecule has 0 atom stereocenters. The molecule has 0 aromatic carbocycles. The van der Waals surface area contributed by atoms with Gasteiger partial charge in [-0.3, -0.25) is 0 Å². The third-order valence-electron chi connectivity index (χ3n) is 3.73. The third-order valence-corrected chi connectivity index (χ3v) is 3.73. The van der Waals surface area contributed by atoms with Gasteiger partial charge < -0.3 is 10.2 Å². The summed E-state index contributed by atoms with van der Waals surface area (Å²) in [6.45, 7) is 5.15. The lowest BCUT2D eigenvalue weighted by Crippen LogP contribution is -2.19. The van der Waals surface area contributed by atoms with E-state index in [1.165, 1.54) is 25.7 Å². The first-order valence-corrected chi connectivity index (χ1v) is 6.46. The normalized spacial score (nSPS) is 12.0. The van der Waals surface area contributed by atoms with Crippen molar-refractivity contribution in [2.45, 2.75) is 65.2 Å². The van der Waals surface area contributed by atoms with Crippen LogP contribution in [-0.4, -0.2) is 23.4 Å². The highest BCUT2D eigenvalue weighted by molar-refractivity contribution is 4.76. The van der Waals surface area contributed by atoms with Crippen LogP contribution < -0.4 is 0 Å². The summed E-state index contributed by atoms with van der Waals surface area (Å²) in [4.78, 5) is 0. The first-order valence-electron chi connectivity index (χ1n) is 6.46. The molecule has 0 rings (SSSR count). The van der Waals surface area contributed by atoms with Gasteiger partial charge in [-0.25, -0.2) is 0 Å². The number of unbranched alkanes of at least 4 members (excludes halogenated alkanes) is 2. The second-order valence-corrected chi connectivity index (χ2v) is 4.57. The van der Waals surface area contributed by atoms with E-state index < -0.39 is 0 Å². The van der Waals surface area contributed by atoms with Gasteiger partial charge in [0.15, 0.2) is 0 Å². The zero-order valence-corrected chi connectivity index (χ0v) is 10.5. The largest absolute Gasteiger partial charge is 0.396 e. The molecule has 2 N–H and O–H groups in total. The van der Waals surface area contributed by atoms with Crippen molar-refractivity contribution >= 4 is 0 Å². The number of aliphatic hydroxyl groups excluding tert-OH is 2. The molecule has 15 heavy (non-hydrogen) atoms. The van der Waals surface area contributed by atoms with Gasteiger partial charge in [-0.1, -0.05) is 39.5 Å². The maximum absolute atomic E-state index is 8.90. The highest BCUT2D eigenvalue weighted by atomic mass is 16.3. The van der Waals surface area contributed by atoms with Gasteiger partial charge in [-0.2, -0.15) is 0 Å². The molecule has 0 bridgehead atoms. The maximum Gasteiger partial charge on any atom is 0.0431 e. The van der Waals surface area contributed by atoms with Crippen LogP contribution in [-0.2, 0) is 0 Å². The Hall–Kier alpha value is -0.0800. The summed E-state index contributed by atoms with van der Waals surface area (Å²) in [5.74, 6) is 0. The average Bonchev–Trinajstić information content (AvgIpc) is 2.29. The lowest BCUT2D eigenvalue weighted by Gasteiger charge is -2.31. The summed E-state index contributed by atoms with van der Waals surface area (Å²) in [5, 5.41) is 17.6. The topological polar surface area (TPSA) is 40.5 Å². The molecule has 2 heteroatoms. The Morgan fingerprint density at radius 2 is 1.27 bits per heavy atom. The van der Waals surface area contributed by atoms with E-state index in [0.29, 0.717) is 18.6 Å². The minimum Gasteiger partial charge on any atom is -0.396 e. The Bertz CT molecular complexity index is 130. The van der Waals surface area contributed by atoms with Crippen LogP contribution in [0.25, 0.3) is 0 Å². The van der Waals surface area contributed by atoms with E-state index >= 15 is 0 Å². The quantitative estimate of drug-likeness (QED) is 0.551. The Labute approximate surface area is 94.7 Å². The number of hydrogen-bond acceptors (Lipinski definition) is 2. The van der Waals surface area contributed by atoms with Crippen LogP contribution in [0.2, 0.25) is 0 Å². The number of rotatable bonds is 10. The molecular weight excluding hydrogens is 188 g/mol. The highest BCUT2D eigenvalue weighted by Crippen LogP contribution is 2.37. The standard InChI is InChI=1S/C13H28O2/c1-3-13(4-2,10-8-12-15)9-6-5-7-11-14/h14-15H,3-12H2,1-2H3. The van der Waals surface area contributed by atoms with Crippen LogP contribution in [0.5, 0.6) is 0 Å². The molecule has 0 spiro atoms. The molecule has 0 aliphatic heterocycles. The van der Waals surface area contributed by atoms with Gasteiger partial charge in [-0.05, 0) is 31.1 Å². The van der Waals surface area contributed by atoms with Gasteiger partial charge in [0, 0.05) is 13.2 Å². The lowest BCUT2D eigenvalue weighted by molar-refractivity contribution is 0.177. The van der Waals surface area contributed by atoms with Gasteiger partial charge in [0.2, 0.25) is 0 Å². The molecule has 0 aromatic rings. The molecule has 0 unspecified atom stereocenters. The Kier molecular flexibility index (Phi) is 9.12. The molecule has 0 fully saturated rings. The molecule has 0 heterocycles. The fraction of sp³-hybridized carbons (Fsp3) is 1.00. The molecule has 0 aliphatic rings. The predicted octanol–water partition coefficient (Wildman–Crippen LogP) is 3.12. The van der Waals surface area contributed by atoms with Crippen molar-refractivity contribution < 1.29 is 10.2 Å². The Morgan fingerprint density at radius 3 is 1.73 bits per heavy atom. The molecule has 92 valence electrons. The molecule has 2 nitrogen and oxygen atoms in total. The summed E-state index contributed by atoms with van der Waals surface area (Å²) in [5.41, 5.74) is 0.443. The van der Waals surface area contributed by atoms with E-state index in [4.69, 9.17) is 10.2 Å². The molecule has 0 amide bonds. The van der Waals surface area contributed by atoms with E-state index in [9.17, 15) is 0 Å². The minimum absolute atomic E-state index is 0.318. The van der Waals surface area contributed by atoms with Gasteiger partial charge in [0.25, 0.3) is 0 Å². The molecule has 0 saturated heterocycles. The second-order valence-electron chi connectivity index (χ2n) is 4.57. The summed E-state index contributed by atoms with van der Waals surface area (Å²) in [6, 6.07) is 0. The summed E-state index contributed by atoms with van der Waals surface area (Å²) >= 11 is 0. The van der Waals surface area contributed by atoms with Crippen molar-refractivity contribution in [2.75, 3.05) is 13.2 Å². The molecule has 0 saturated carbocycles. The highest BCUT2D eigenvalue weighted by Gasteiger charge is 2.24. The summed E-state index contributed by atoms with van der Waals surface area (Å²) in [6.07, 6.45) is 9.04. The number of hydrogen-bond donors (Lipinski definition) is 2. The maximum atomic E-state index is 8.90. The van der Waals surface area contributed by atoms with Crippen molar-refractivity contribution in [3.8, 4) is 0 Å². The first kappa shape index (κ1) is 14.9. The monoisotopic (exact) mass is 216 g/mol. The SMILES string of the molecule is CCC(CC)(CCCO)CCCCCO. The summed E-state index contributed by atoms with van der Waals surface area (Å²) < 4.78 is 0. The first-order chi connectivity index (χ1) is 7.24. The van der Waals surface area contributed by atoms with Crippen LogP contribution in [0.3, 0.4) is 0 Å². The van der Waals surface area contributed by atoms with Crippen molar-refractivity contribution in [3.05, 3.63) is 0 Å². The van der Waals surface area contributed by atoms with Gasteiger partial charge in [0.05, 0.1) is 0 Å². The van der Waals surface area contributed by atoms with E-state index in [-0.39, 0.29) is 0 Å². The minimum atomic E-state index is 0.318. The third kappa shape index (κ3) is 6.16. The van der Waals surface area contributed by atoms with E-state index in [2.05, 4.69) is 13.8 Å². The van der Waals surface area contributed by atoms with Crippen molar-refractivity contribution in [3.63, 3.8) is 0 Å². The van der Waals surface area contributed by atoms with Crippen LogP contribution >= 0.6 is 0 Å². The van der Waals surface area contributed by atoms with E-state index in [1.54, 1.807) is 0 Å². The summed E-state index contributed by atoms with van der Waals surface area (Å²) in [7, 11) is 0. The fourth-order valence-corrected chi connectivity index (χ4v) is 2.32. The average molecular weight is 216 g/mol. The van der Waals surface area contributed by atoms with Gasteiger partial charge in [-0.15, -0.1) is 0 Å². The zero-order chi connectivity index (χ0) is 11.6. The van der Waals surface area contributed by atoms with Crippen LogP contribution in [0.4, 0.5) is 0 Å². The molecule has 0 radical (unpaired) electrons. The smallest absolute Gasteiger partial charge is 0.0431 e. The molecule has 0 aliphatic carbocycles. The van der Waals surface area contributed by atoms with Crippen LogP contribution in [0.15, 0.2) is 0 Å². The van der Waals surface area contributed by atoms with E-state index in [0.717, 1.165) is 25.7 Å². The van der Waals surface area contributed by atoms with Crippen LogP contribution in [0, 0.1) is 5.41 Å². The molecule has 0 aromatic heterocycles. The Balaban J connectivity index is 3.88. The van der Waals surface area contributed by atoms with Crippen LogP contribution in [0.1, 0.15) is 65.2 Å². The zero-order valence-electron chi connectivity index (χ0n) is 10.5. The predicted molar refractivity (Wildman–Crippen MR) is 64.9 cm³/mol. The fourth-order valence-electron chi connectivity index (χ4n) is 2.32. The number of aliphatic hydroxyl groups is 2. The Morgan fingerprint density at radius 1 is 0.733 bits per heavy atom.